The van der Waals surface area contributed by atoms with Crippen LogP contribution < -0.4 is 0 Å². The van der Waals surface area contributed by atoms with Crippen molar-refractivity contribution in [1.29, 1.82) is 0 Å². The van der Waals surface area contributed by atoms with E-state index < -0.39 is 9.20 Å². The second-order valence-corrected chi connectivity index (χ2v) is 16.7. The van der Waals surface area contributed by atoms with Crippen LogP contribution in [0.5, 0.6) is 0 Å². The molecule has 0 bridgehead atoms. The zero-order chi connectivity index (χ0) is 19.2. The van der Waals surface area contributed by atoms with Crippen LogP contribution in [0.15, 0.2) is 77.2 Å². The monoisotopic (exact) mass is 471 g/mol. The maximum atomic E-state index is 6.09. The van der Waals surface area contributed by atoms with Crippen molar-refractivity contribution >= 4 is 40.4 Å². The van der Waals surface area contributed by atoms with Crippen LogP contribution in [0.3, 0.4) is 0 Å². The van der Waals surface area contributed by atoms with E-state index in [2.05, 4.69) is 62.4 Å². The predicted molar refractivity (Wildman–Crippen MR) is 111 cm³/mol. The molecule has 0 N–H and O–H groups in total. The van der Waals surface area contributed by atoms with Gasteiger partial charge in [0.2, 0.25) is 0 Å². The zero-order valence-corrected chi connectivity index (χ0v) is 18.4. The molecule has 141 valence electrons. The summed E-state index contributed by atoms with van der Waals surface area (Å²) in [4.78, 5) is 0. The minimum absolute atomic E-state index is 0.358. The first kappa shape index (κ1) is 21.6. The standard InChI is InChI=1S/C20H19O.4ClH.Fe/c1-15(2)19-13-18(16-9-5-3-6-10-16)14-20(21-19)17-11-7-4-8-12-17;;;;;/h3-15H,1-2H3;4*1H;/q+1;;;;;+3/p-4. The van der Waals surface area contributed by atoms with Gasteiger partial charge in [0.1, 0.15) is 0 Å². The van der Waals surface area contributed by atoms with Gasteiger partial charge in [0.15, 0.2) is 0 Å². The summed E-state index contributed by atoms with van der Waals surface area (Å²) in [6.45, 7) is 4.31. The molecule has 2 aromatic carbocycles. The van der Waals surface area contributed by atoms with E-state index in [1.807, 2.05) is 24.3 Å². The Morgan fingerprint density at radius 3 is 1.62 bits per heavy atom. The van der Waals surface area contributed by atoms with E-state index in [0.717, 1.165) is 17.1 Å². The molecule has 0 spiro atoms. The van der Waals surface area contributed by atoms with Crippen LogP contribution in [0, 0.1) is 0 Å². The molecule has 0 atom stereocenters. The summed E-state index contributed by atoms with van der Waals surface area (Å²) < 4.78 is 6.09. The van der Waals surface area contributed by atoms with Crippen molar-refractivity contribution in [2.75, 3.05) is 0 Å². The first-order valence-electron chi connectivity index (χ1n) is 7.86. The Labute approximate surface area is 174 Å². The van der Waals surface area contributed by atoms with E-state index in [0.29, 0.717) is 5.92 Å². The van der Waals surface area contributed by atoms with Gasteiger partial charge in [-0.25, -0.2) is 4.42 Å². The fraction of sp³-hybridized carbons (Fsp3) is 0.150. The summed E-state index contributed by atoms with van der Waals surface area (Å²) in [6.07, 6.45) is 0. The summed E-state index contributed by atoms with van der Waals surface area (Å²) >= 11 is 0. The molecule has 0 aliphatic rings. The van der Waals surface area contributed by atoms with Gasteiger partial charge in [-0.2, -0.15) is 0 Å². The predicted octanol–water partition coefficient (Wildman–Crippen LogP) is 8.77. The average molecular weight is 473 g/mol. The molecule has 0 aliphatic carbocycles. The van der Waals surface area contributed by atoms with Crippen LogP contribution in [0.4, 0.5) is 0 Å². The number of benzene rings is 2. The normalized spacial score (nSPS) is 11.7. The Morgan fingerprint density at radius 1 is 0.692 bits per heavy atom. The Balaban J connectivity index is 0.000000431. The van der Waals surface area contributed by atoms with E-state index in [1.54, 1.807) is 0 Å². The maximum absolute atomic E-state index is 6.09. The van der Waals surface area contributed by atoms with E-state index >= 15 is 0 Å². The van der Waals surface area contributed by atoms with Crippen molar-refractivity contribution < 1.29 is 13.6 Å². The number of rotatable bonds is 3. The first-order chi connectivity index (χ1) is 12.2. The molecular weight excluding hydrogens is 454 g/mol. The van der Waals surface area contributed by atoms with Crippen LogP contribution in [-0.4, -0.2) is 0 Å². The molecule has 6 heteroatoms. The molecule has 0 amide bonds. The van der Waals surface area contributed by atoms with Crippen LogP contribution in [0.25, 0.3) is 22.5 Å². The quantitative estimate of drug-likeness (QED) is 0.274. The van der Waals surface area contributed by atoms with Gasteiger partial charge < -0.3 is 0 Å². The van der Waals surface area contributed by atoms with Gasteiger partial charge in [-0.15, -0.1) is 0 Å². The Kier molecular flexibility index (Phi) is 8.29. The van der Waals surface area contributed by atoms with E-state index in [1.165, 1.54) is 11.1 Å². The first-order valence-corrected chi connectivity index (χ1v) is 13.9. The Morgan fingerprint density at radius 2 is 1.15 bits per heavy atom. The van der Waals surface area contributed by atoms with Crippen LogP contribution in [0.1, 0.15) is 25.5 Å². The third-order valence-corrected chi connectivity index (χ3v) is 3.55. The molecule has 0 unspecified atom stereocenters. The van der Waals surface area contributed by atoms with Gasteiger partial charge in [-0.3, -0.25) is 0 Å². The van der Waals surface area contributed by atoms with E-state index in [9.17, 15) is 0 Å². The molecule has 0 saturated heterocycles. The second kappa shape index (κ2) is 9.99. The van der Waals surface area contributed by atoms with Gasteiger partial charge >= 0.3 is 61.1 Å². The van der Waals surface area contributed by atoms with Gasteiger partial charge in [0, 0.05) is 11.6 Å². The second-order valence-electron chi connectivity index (χ2n) is 5.80. The molecule has 0 fully saturated rings. The van der Waals surface area contributed by atoms with Crippen LogP contribution in [-0.2, 0) is 9.20 Å². The van der Waals surface area contributed by atoms with Crippen molar-refractivity contribution in [3.63, 3.8) is 0 Å². The minimum atomic E-state index is -2.61. The summed E-state index contributed by atoms with van der Waals surface area (Å²) in [6, 6.07) is 25.0. The number of halogens is 4. The van der Waals surface area contributed by atoms with Gasteiger partial charge in [-0.05, 0) is 17.7 Å². The third kappa shape index (κ3) is 7.48. The fourth-order valence-electron chi connectivity index (χ4n) is 2.35. The summed E-state index contributed by atoms with van der Waals surface area (Å²) in [7, 11) is 17.2. The van der Waals surface area contributed by atoms with E-state index in [-0.39, 0.29) is 0 Å². The van der Waals surface area contributed by atoms with Gasteiger partial charge in [0.25, 0.3) is 0 Å². The average Bonchev–Trinajstić information content (AvgIpc) is 2.61. The summed E-state index contributed by atoms with van der Waals surface area (Å²) in [5, 5.41) is 0. The molecular formula is C20H19Cl4FeO. The molecule has 1 nitrogen and oxygen atoms in total. The van der Waals surface area contributed by atoms with Crippen molar-refractivity contribution in [2.45, 2.75) is 19.8 Å². The number of hydrogen-bond donors (Lipinski definition) is 0. The molecule has 0 aliphatic heterocycles. The SMILES string of the molecule is CC(C)c1cc(-c2ccccc2)cc(-c2ccccc2)[o+]1.[Cl][Fe-]([Cl])([Cl])[Cl]. The molecule has 3 aromatic rings. The van der Waals surface area contributed by atoms with Crippen molar-refractivity contribution in [3.8, 4) is 22.5 Å². The third-order valence-electron chi connectivity index (χ3n) is 3.55. The number of hydrogen-bond acceptors (Lipinski definition) is 0. The van der Waals surface area contributed by atoms with Crippen molar-refractivity contribution in [1.82, 2.24) is 0 Å². The molecule has 26 heavy (non-hydrogen) atoms. The van der Waals surface area contributed by atoms with Crippen molar-refractivity contribution in [2.24, 2.45) is 0 Å². The summed E-state index contributed by atoms with van der Waals surface area (Å²) in [5.41, 5.74) is 3.52. The van der Waals surface area contributed by atoms with Crippen LogP contribution in [0.2, 0.25) is 0 Å². The molecule has 0 radical (unpaired) electrons. The molecule has 1 aromatic heterocycles. The molecule has 0 saturated carbocycles. The molecule has 3 rings (SSSR count). The van der Waals surface area contributed by atoms with Gasteiger partial charge in [0.05, 0.1) is 17.5 Å². The summed E-state index contributed by atoms with van der Waals surface area (Å²) in [5.74, 6) is 2.28. The topological polar surface area (TPSA) is 11.3 Å². The van der Waals surface area contributed by atoms with E-state index in [4.69, 9.17) is 44.8 Å². The van der Waals surface area contributed by atoms with Gasteiger partial charge in [-0.1, -0.05) is 62.4 Å². The van der Waals surface area contributed by atoms with Crippen molar-refractivity contribution in [3.05, 3.63) is 78.6 Å². The fourth-order valence-corrected chi connectivity index (χ4v) is 2.35. The Bertz CT molecular complexity index is 754. The zero-order valence-electron chi connectivity index (χ0n) is 14.3. The Hall–Kier alpha value is -0.731. The molecule has 1 heterocycles. The van der Waals surface area contributed by atoms with Crippen LogP contribution >= 0.6 is 40.4 Å².